The number of hydrogen-bond acceptors (Lipinski definition) is 1. The molecule has 0 saturated carbocycles. The van der Waals surface area contributed by atoms with Crippen LogP contribution < -0.4 is 5.32 Å². The molecule has 2 aromatic carbocycles. The van der Waals surface area contributed by atoms with E-state index in [1.54, 1.807) is 36.4 Å². The standard InChI is InChI=1S/C19H14ClF3N2O/c20-14-7-5-12(6-8-14)15-3-1-2-4-17(15)25-18(26)9-13-10-24-11-16(13)19(21,22)23/h1-8,10-11,24H,9H2,(H,25,26). The maximum absolute atomic E-state index is 12.9. The number of anilines is 1. The topological polar surface area (TPSA) is 44.9 Å². The van der Waals surface area contributed by atoms with Crippen LogP contribution in [0.5, 0.6) is 0 Å². The lowest BCUT2D eigenvalue weighted by molar-refractivity contribution is -0.138. The smallest absolute Gasteiger partial charge is 0.367 e. The normalized spacial score (nSPS) is 11.4. The molecule has 0 atom stereocenters. The van der Waals surface area contributed by atoms with Gasteiger partial charge in [-0.15, -0.1) is 0 Å². The van der Waals surface area contributed by atoms with Crippen molar-refractivity contribution in [3.63, 3.8) is 0 Å². The summed E-state index contributed by atoms with van der Waals surface area (Å²) in [6.45, 7) is 0. The molecule has 0 unspecified atom stereocenters. The summed E-state index contributed by atoms with van der Waals surface area (Å²) in [5.41, 5.74) is 1.17. The van der Waals surface area contributed by atoms with E-state index in [2.05, 4.69) is 10.3 Å². The Labute approximate surface area is 152 Å². The second kappa shape index (κ2) is 7.25. The van der Waals surface area contributed by atoms with Crippen molar-refractivity contribution >= 4 is 23.2 Å². The molecular weight excluding hydrogens is 365 g/mol. The summed E-state index contributed by atoms with van der Waals surface area (Å²) in [4.78, 5) is 14.7. The van der Waals surface area contributed by atoms with Gasteiger partial charge in [0.05, 0.1) is 12.0 Å². The molecule has 1 heterocycles. The van der Waals surface area contributed by atoms with E-state index in [9.17, 15) is 18.0 Å². The van der Waals surface area contributed by atoms with Crippen LogP contribution >= 0.6 is 11.6 Å². The molecule has 0 aliphatic rings. The number of aromatic amines is 1. The Morgan fingerprint density at radius 2 is 1.73 bits per heavy atom. The number of hydrogen-bond donors (Lipinski definition) is 2. The lowest BCUT2D eigenvalue weighted by Crippen LogP contribution is -2.17. The maximum atomic E-state index is 12.9. The highest BCUT2D eigenvalue weighted by atomic mass is 35.5. The lowest BCUT2D eigenvalue weighted by Gasteiger charge is -2.12. The van der Waals surface area contributed by atoms with Gasteiger partial charge in [-0.2, -0.15) is 13.2 Å². The Kier molecular flexibility index (Phi) is 5.04. The van der Waals surface area contributed by atoms with Crippen molar-refractivity contribution in [2.75, 3.05) is 5.32 Å². The van der Waals surface area contributed by atoms with Crippen molar-refractivity contribution in [2.45, 2.75) is 12.6 Å². The third-order valence-corrected chi connectivity index (χ3v) is 4.10. The van der Waals surface area contributed by atoms with Gasteiger partial charge < -0.3 is 10.3 Å². The number of para-hydroxylation sites is 1. The highest BCUT2D eigenvalue weighted by molar-refractivity contribution is 6.30. The molecule has 1 aromatic heterocycles. The van der Waals surface area contributed by atoms with Gasteiger partial charge in [-0.3, -0.25) is 4.79 Å². The molecule has 2 N–H and O–H groups in total. The number of nitrogens with one attached hydrogen (secondary N) is 2. The first-order chi connectivity index (χ1) is 12.3. The number of carbonyl (C=O) groups is 1. The van der Waals surface area contributed by atoms with Gasteiger partial charge in [0.15, 0.2) is 0 Å². The first-order valence-electron chi connectivity index (χ1n) is 7.72. The van der Waals surface area contributed by atoms with Gasteiger partial charge in [0.1, 0.15) is 0 Å². The molecule has 26 heavy (non-hydrogen) atoms. The summed E-state index contributed by atoms with van der Waals surface area (Å²) in [6.07, 6.45) is -2.85. The third kappa shape index (κ3) is 4.08. The summed E-state index contributed by atoms with van der Waals surface area (Å²) in [6, 6.07) is 14.1. The molecule has 0 saturated heterocycles. The van der Waals surface area contributed by atoms with Crippen LogP contribution in [0.4, 0.5) is 18.9 Å². The van der Waals surface area contributed by atoms with Crippen molar-refractivity contribution in [3.8, 4) is 11.1 Å². The Hall–Kier alpha value is -2.73. The highest BCUT2D eigenvalue weighted by Crippen LogP contribution is 2.33. The minimum absolute atomic E-state index is 0.0982. The predicted molar refractivity (Wildman–Crippen MR) is 95.0 cm³/mol. The molecule has 3 nitrogen and oxygen atoms in total. The zero-order chi connectivity index (χ0) is 18.7. The molecule has 0 radical (unpaired) electrons. The van der Waals surface area contributed by atoms with E-state index in [-0.39, 0.29) is 12.0 Å². The summed E-state index contributed by atoms with van der Waals surface area (Å²) in [5.74, 6) is -0.531. The molecule has 134 valence electrons. The van der Waals surface area contributed by atoms with Crippen LogP contribution in [0, 0.1) is 0 Å². The maximum Gasteiger partial charge on any atom is 0.418 e. The molecule has 0 fully saturated rings. The van der Waals surface area contributed by atoms with Crippen molar-refractivity contribution in [3.05, 3.63) is 77.1 Å². The SMILES string of the molecule is O=C(Cc1c[nH]cc1C(F)(F)F)Nc1ccccc1-c1ccc(Cl)cc1. The Balaban J connectivity index is 1.81. The number of halogens is 4. The molecule has 0 aliphatic heterocycles. The minimum Gasteiger partial charge on any atom is -0.367 e. The quantitative estimate of drug-likeness (QED) is 0.615. The predicted octanol–water partition coefficient (Wildman–Crippen LogP) is 5.54. The van der Waals surface area contributed by atoms with Crippen LogP contribution in [0.25, 0.3) is 11.1 Å². The van der Waals surface area contributed by atoms with Gasteiger partial charge in [-0.1, -0.05) is 41.9 Å². The first-order valence-corrected chi connectivity index (χ1v) is 8.10. The lowest BCUT2D eigenvalue weighted by atomic mass is 10.0. The zero-order valence-electron chi connectivity index (χ0n) is 13.4. The van der Waals surface area contributed by atoms with E-state index in [1.807, 2.05) is 12.1 Å². The van der Waals surface area contributed by atoms with Gasteiger partial charge in [0.2, 0.25) is 5.91 Å². The number of H-pyrrole nitrogens is 1. The van der Waals surface area contributed by atoms with E-state index in [1.165, 1.54) is 6.20 Å². The first kappa shape index (κ1) is 18.1. The van der Waals surface area contributed by atoms with Crippen molar-refractivity contribution in [2.24, 2.45) is 0 Å². The molecule has 0 aliphatic carbocycles. The summed E-state index contributed by atoms with van der Waals surface area (Å²) < 4.78 is 38.7. The molecule has 7 heteroatoms. The monoisotopic (exact) mass is 378 g/mol. The molecule has 0 bridgehead atoms. The van der Waals surface area contributed by atoms with Gasteiger partial charge in [-0.25, -0.2) is 0 Å². The van der Waals surface area contributed by atoms with Gasteiger partial charge in [0.25, 0.3) is 0 Å². The Morgan fingerprint density at radius 3 is 2.42 bits per heavy atom. The average molecular weight is 379 g/mol. The van der Waals surface area contributed by atoms with Crippen LogP contribution in [0.2, 0.25) is 5.02 Å². The zero-order valence-corrected chi connectivity index (χ0v) is 14.2. The largest absolute Gasteiger partial charge is 0.418 e. The summed E-state index contributed by atoms with van der Waals surface area (Å²) in [5, 5.41) is 3.27. The van der Waals surface area contributed by atoms with E-state index in [4.69, 9.17) is 11.6 Å². The Morgan fingerprint density at radius 1 is 1.04 bits per heavy atom. The fourth-order valence-corrected chi connectivity index (χ4v) is 2.77. The van der Waals surface area contributed by atoms with Crippen LogP contribution in [0.1, 0.15) is 11.1 Å². The summed E-state index contributed by atoms with van der Waals surface area (Å²) in [7, 11) is 0. The molecule has 0 spiro atoms. The number of alkyl halides is 3. The number of benzene rings is 2. The van der Waals surface area contributed by atoms with E-state index >= 15 is 0 Å². The number of rotatable bonds is 4. The number of carbonyl (C=O) groups excluding carboxylic acids is 1. The van der Waals surface area contributed by atoms with E-state index in [0.29, 0.717) is 10.7 Å². The summed E-state index contributed by atoms with van der Waals surface area (Å²) >= 11 is 5.89. The third-order valence-electron chi connectivity index (χ3n) is 3.84. The van der Waals surface area contributed by atoms with E-state index < -0.39 is 17.6 Å². The highest BCUT2D eigenvalue weighted by Gasteiger charge is 2.34. The van der Waals surface area contributed by atoms with Gasteiger partial charge in [-0.05, 0) is 29.3 Å². The second-order valence-corrected chi connectivity index (χ2v) is 6.11. The van der Waals surface area contributed by atoms with Crippen LogP contribution in [-0.4, -0.2) is 10.9 Å². The Bertz CT molecular complexity index is 917. The molecule has 3 aromatic rings. The van der Waals surface area contributed by atoms with Crippen molar-refractivity contribution in [1.29, 1.82) is 0 Å². The van der Waals surface area contributed by atoms with Crippen molar-refractivity contribution < 1.29 is 18.0 Å². The van der Waals surface area contributed by atoms with Crippen LogP contribution in [0.15, 0.2) is 60.9 Å². The fourth-order valence-electron chi connectivity index (χ4n) is 2.65. The van der Waals surface area contributed by atoms with Crippen molar-refractivity contribution in [1.82, 2.24) is 4.98 Å². The fraction of sp³-hybridized carbons (Fsp3) is 0.105. The second-order valence-electron chi connectivity index (χ2n) is 5.67. The molecular formula is C19H14ClF3N2O. The number of aromatic nitrogens is 1. The van der Waals surface area contributed by atoms with Gasteiger partial charge in [0, 0.05) is 28.7 Å². The van der Waals surface area contributed by atoms with Crippen LogP contribution in [0.3, 0.4) is 0 Å². The molecule has 1 amide bonds. The van der Waals surface area contributed by atoms with Crippen LogP contribution in [-0.2, 0) is 17.4 Å². The van der Waals surface area contributed by atoms with E-state index in [0.717, 1.165) is 17.3 Å². The number of amides is 1. The average Bonchev–Trinajstić information content (AvgIpc) is 3.04. The van der Waals surface area contributed by atoms with Gasteiger partial charge >= 0.3 is 6.18 Å². The molecule has 3 rings (SSSR count). The minimum atomic E-state index is -4.50.